The fourth-order valence-corrected chi connectivity index (χ4v) is 6.13. The highest BCUT2D eigenvalue weighted by molar-refractivity contribution is 7.23. The van der Waals surface area contributed by atoms with E-state index in [1.54, 1.807) is 46.9 Å². The molecule has 148 valence electrons. The van der Waals surface area contributed by atoms with Crippen molar-refractivity contribution in [3.8, 4) is 16.6 Å². The zero-order chi connectivity index (χ0) is 20.7. The molecule has 7 heteroatoms. The van der Waals surface area contributed by atoms with Crippen LogP contribution in [-0.2, 0) is 13.0 Å². The van der Waals surface area contributed by atoms with Crippen LogP contribution >= 0.6 is 22.7 Å². The Morgan fingerprint density at radius 1 is 1.17 bits per heavy atom. The topological polar surface area (TPSA) is 69.0 Å². The highest BCUT2D eigenvalue weighted by Gasteiger charge is 2.26. The number of nitrogens with zero attached hydrogens (tertiary/aromatic N) is 3. The molecule has 30 heavy (non-hydrogen) atoms. The SMILES string of the molecule is CN1CCc2c(sc(NC(=O)c3ccc(C#N)cc3)c2-c2nc3ccccc3s2)C1. The number of likely N-dealkylation sites (N-methyl/N-ethyl adjacent to an activating group) is 1. The summed E-state index contributed by atoms with van der Waals surface area (Å²) in [5.41, 5.74) is 4.41. The van der Waals surface area contributed by atoms with E-state index in [0.29, 0.717) is 11.1 Å². The van der Waals surface area contributed by atoms with E-state index in [-0.39, 0.29) is 5.91 Å². The molecule has 4 aromatic rings. The summed E-state index contributed by atoms with van der Waals surface area (Å²) in [5.74, 6) is -0.172. The average Bonchev–Trinajstić information content (AvgIpc) is 3.33. The third kappa shape index (κ3) is 3.39. The Hall–Kier alpha value is -3.05. The van der Waals surface area contributed by atoms with E-state index in [2.05, 4.69) is 29.4 Å². The number of hydrogen-bond donors (Lipinski definition) is 1. The van der Waals surface area contributed by atoms with Crippen molar-refractivity contribution in [2.75, 3.05) is 18.9 Å². The molecule has 1 aliphatic heterocycles. The molecule has 0 atom stereocenters. The molecule has 0 aliphatic carbocycles. The summed E-state index contributed by atoms with van der Waals surface area (Å²) in [7, 11) is 2.12. The summed E-state index contributed by atoms with van der Waals surface area (Å²) in [4.78, 5) is 21.4. The first kappa shape index (κ1) is 18.9. The zero-order valence-corrected chi connectivity index (χ0v) is 17.9. The molecule has 3 heterocycles. The normalized spacial score (nSPS) is 13.7. The monoisotopic (exact) mass is 430 g/mol. The minimum atomic E-state index is -0.172. The third-order valence-corrected chi connectivity index (χ3v) is 7.44. The van der Waals surface area contributed by atoms with Gasteiger partial charge in [-0.05, 0) is 55.4 Å². The second-order valence-electron chi connectivity index (χ2n) is 7.33. The smallest absolute Gasteiger partial charge is 0.256 e. The predicted octanol–water partition coefficient (Wildman–Crippen LogP) is 5.14. The van der Waals surface area contributed by atoms with Crippen molar-refractivity contribution >= 4 is 43.8 Å². The Balaban J connectivity index is 1.57. The lowest BCUT2D eigenvalue weighted by Gasteiger charge is -2.22. The van der Waals surface area contributed by atoms with Crippen molar-refractivity contribution in [1.29, 1.82) is 5.26 Å². The Kier molecular flexibility index (Phi) is 4.83. The van der Waals surface area contributed by atoms with Gasteiger partial charge in [-0.25, -0.2) is 4.98 Å². The summed E-state index contributed by atoms with van der Waals surface area (Å²) in [6, 6.07) is 16.9. The number of nitrogens with one attached hydrogen (secondary N) is 1. The van der Waals surface area contributed by atoms with Crippen molar-refractivity contribution in [2.45, 2.75) is 13.0 Å². The van der Waals surface area contributed by atoms with E-state index < -0.39 is 0 Å². The highest BCUT2D eigenvalue weighted by atomic mass is 32.1. The van der Waals surface area contributed by atoms with E-state index in [1.807, 2.05) is 18.2 Å². The van der Waals surface area contributed by atoms with Crippen molar-refractivity contribution in [2.24, 2.45) is 0 Å². The van der Waals surface area contributed by atoms with Gasteiger partial charge in [-0.1, -0.05) is 12.1 Å². The van der Waals surface area contributed by atoms with Gasteiger partial charge in [0.1, 0.15) is 10.0 Å². The van der Waals surface area contributed by atoms with Gasteiger partial charge in [0, 0.05) is 29.1 Å². The molecule has 1 amide bonds. The fraction of sp³-hybridized carbons (Fsp3) is 0.174. The number of rotatable bonds is 3. The van der Waals surface area contributed by atoms with E-state index >= 15 is 0 Å². The number of thiophene rings is 1. The van der Waals surface area contributed by atoms with Crippen LogP contribution in [0, 0.1) is 11.3 Å². The number of carbonyl (C=O) groups excluding carboxylic acids is 1. The average molecular weight is 431 g/mol. The third-order valence-electron chi connectivity index (χ3n) is 5.26. The van der Waals surface area contributed by atoms with Gasteiger partial charge in [0.05, 0.1) is 21.8 Å². The maximum Gasteiger partial charge on any atom is 0.256 e. The van der Waals surface area contributed by atoms with Crippen LogP contribution in [-0.4, -0.2) is 29.4 Å². The Labute approximate surface area is 182 Å². The van der Waals surface area contributed by atoms with E-state index in [4.69, 9.17) is 10.2 Å². The molecule has 1 aliphatic rings. The van der Waals surface area contributed by atoms with Gasteiger partial charge in [-0.2, -0.15) is 5.26 Å². The lowest BCUT2D eigenvalue weighted by Crippen LogP contribution is -2.25. The summed E-state index contributed by atoms with van der Waals surface area (Å²) < 4.78 is 1.14. The van der Waals surface area contributed by atoms with Crippen LogP contribution in [0.2, 0.25) is 0 Å². The number of carbonyl (C=O) groups is 1. The van der Waals surface area contributed by atoms with Crippen molar-refractivity contribution in [3.63, 3.8) is 0 Å². The molecule has 0 fully saturated rings. The van der Waals surface area contributed by atoms with E-state index in [1.165, 1.54) is 10.4 Å². The number of benzene rings is 2. The number of fused-ring (bicyclic) bond motifs is 2. The van der Waals surface area contributed by atoms with Gasteiger partial charge >= 0.3 is 0 Å². The summed E-state index contributed by atoms with van der Waals surface area (Å²) >= 11 is 3.31. The molecule has 0 saturated heterocycles. The first-order chi connectivity index (χ1) is 14.6. The molecule has 0 saturated carbocycles. The number of para-hydroxylation sites is 1. The van der Waals surface area contributed by atoms with Crippen molar-refractivity contribution in [3.05, 3.63) is 70.1 Å². The summed E-state index contributed by atoms with van der Waals surface area (Å²) in [6.45, 7) is 1.87. The quantitative estimate of drug-likeness (QED) is 0.489. The Morgan fingerprint density at radius 3 is 2.73 bits per heavy atom. The van der Waals surface area contributed by atoms with Gasteiger partial charge in [-0.15, -0.1) is 22.7 Å². The minimum Gasteiger partial charge on any atom is -0.313 e. The molecule has 5 rings (SSSR count). The standard InChI is InChI=1S/C23H18N4OS2/c1-27-11-10-16-19(13-27)30-23(26-21(28)15-8-6-14(12-24)7-9-15)20(16)22-25-17-4-2-3-5-18(17)29-22/h2-9H,10-11,13H2,1H3,(H,26,28). The van der Waals surface area contributed by atoms with E-state index in [0.717, 1.165) is 45.3 Å². The highest BCUT2D eigenvalue weighted by Crippen LogP contribution is 2.45. The van der Waals surface area contributed by atoms with E-state index in [9.17, 15) is 4.79 Å². The lowest BCUT2D eigenvalue weighted by atomic mass is 10.0. The second-order valence-corrected chi connectivity index (χ2v) is 9.46. The number of thiazole rings is 1. The van der Waals surface area contributed by atoms with Crippen LogP contribution in [0.5, 0.6) is 0 Å². The maximum absolute atomic E-state index is 12.9. The number of hydrogen-bond acceptors (Lipinski definition) is 6. The van der Waals surface area contributed by atoms with Crippen LogP contribution < -0.4 is 5.32 Å². The van der Waals surface area contributed by atoms with Gasteiger partial charge in [0.2, 0.25) is 0 Å². The number of nitriles is 1. The lowest BCUT2D eigenvalue weighted by molar-refractivity contribution is 0.102. The predicted molar refractivity (Wildman–Crippen MR) is 122 cm³/mol. The van der Waals surface area contributed by atoms with Crippen LogP contribution in [0.15, 0.2) is 48.5 Å². The molecular formula is C23H18N4OS2. The maximum atomic E-state index is 12.9. The van der Waals surface area contributed by atoms with Crippen LogP contribution in [0.4, 0.5) is 5.00 Å². The number of amides is 1. The van der Waals surface area contributed by atoms with Crippen LogP contribution in [0.3, 0.4) is 0 Å². The van der Waals surface area contributed by atoms with Crippen LogP contribution in [0.1, 0.15) is 26.4 Å². The summed E-state index contributed by atoms with van der Waals surface area (Å²) in [6.07, 6.45) is 0.945. The van der Waals surface area contributed by atoms with Crippen molar-refractivity contribution in [1.82, 2.24) is 9.88 Å². The molecule has 5 nitrogen and oxygen atoms in total. The largest absolute Gasteiger partial charge is 0.313 e. The second kappa shape index (κ2) is 7.65. The molecule has 0 radical (unpaired) electrons. The fourth-order valence-electron chi connectivity index (χ4n) is 3.70. The molecular weight excluding hydrogens is 412 g/mol. The molecule has 0 spiro atoms. The van der Waals surface area contributed by atoms with Crippen LogP contribution in [0.25, 0.3) is 20.8 Å². The molecule has 1 N–H and O–H groups in total. The van der Waals surface area contributed by atoms with Gasteiger partial charge in [0.15, 0.2) is 0 Å². The molecule has 0 bridgehead atoms. The molecule has 2 aromatic carbocycles. The summed E-state index contributed by atoms with van der Waals surface area (Å²) in [5, 5.41) is 13.9. The molecule has 0 unspecified atom stereocenters. The Bertz CT molecular complexity index is 1260. The zero-order valence-electron chi connectivity index (χ0n) is 16.3. The first-order valence-corrected chi connectivity index (χ1v) is 11.3. The van der Waals surface area contributed by atoms with Crippen molar-refractivity contribution < 1.29 is 4.79 Å². The molecule has 2 aromatic heterocycles. The van der Waals surface area contributed by atoms with Gasteiger partial charge < -0.3 is 10.2 Å². The number of anilines is 1. The number of aromatic nitrogens is 1. The first-order valence-electron chi connectivity index (χ1n) is 9.63. The van der Waals surface area contributed by atoms with Gasteiger partial charge in [0.25, 0.3) is 5.91 Å². The van der Waals surface area contributed by atoms with Gasteiger partial charge in [-0.3, -0.25) is 4.79 Å². The Morgan fingerprint density at radius 2 is 1.97 bits per heavy atom. The minimum absolute atomic E-state index is 0.172.